The van der Waals surface area contributed by atoms with Gasteiger partial charge in [-0.3, -0.25) is 0 Å². The molecule has 110 valence electrons. The molecule has 0 bridgehead atoms. The fourth-order valence-electron chi connectivity index (χ4n) is 1.72. The van der Waals surface area contributed by atoms with Crippen LogP contribution in [-0.4, -0.2) is 63.5 Å². The maximum atomic E-state index is 12.2. The Morgan fingerprint density at radius 3 is 2.28 bits per heavy atom. The first-order chi connectivity index (χ1) is 7.79. The second-order valence-corrected chi connectivity index (χ2v) is 7.18. The molecule has 0 unspecified atom stereocenters. The van der Waals surface area contributed by atoms with Gasteiger partial charge in [0.05, 0.1) is 13.2 Å². The average molecular weight is 302 g/mol. The number of nitrogens with two attached hydrogens (primary N) is 1. The van der Waals surface area contributed by atoms with Gasteiger partial charge in [-0.05, 0) is 12.0 Å². The molecule has 0 saturated carbocycles. The molecule has 1 aliphatic rings. The van der Waals surface area contributed by atoms with Crippen LogP contribution in [-0.2, 0) is 14.9 Å². The van der Waals surface area contributed by atoms with E-state index in [2.05, 4.69) is 0 Å². The molecule has 1 aliphatic heterocycles. The van der Waals surface area contributed by atoms with Crippen molar-refractivity contribution in [3.8, 4) is 0 Å². The van der Waals surface area contributed by atoms with Gasteiger partial charge in [-0.2, -0.15) is 17.0 Å². The van der Waals surface area contributed by atoms with Crippen molar-refractivity contribution >= 4 is 22.6 Å². The summed E-state index contributed by atoms with van der Waals surface area (Å²) in [7, 11) is -1.77. The van der Waals surface area contributed by atoms with Crippen molar-refractivity contribution in [2.45, 2.75) is 13.8 Å². The topological polar surface area (TPSA) is 75.9 Å². The number of morpholine rings is 1. The summed E-state index contributed by atoms with van der Waals surface area (Å²) in [5.41, 5.74) is 5.41. The molecule has 0 aromatic carbocycles. The SMILES string of the molecule is CN(CC(C)(C)CN)S(=O)(=O)N1CCOCC1.Cl. The van der Waals surface area contributed by atoms with E-state index in [-0.39, 0.29) is 17.8 Å². The van der Waals surface area contributed by atoms with Crippen LogP contribution >= 0.6 is 12.4 Å². The lowest BCUT2D eigenvalue weighted by molar-refractivity contribution is 0.0700. The quantitative estimate of drug-likeness (QED) is 0.769. The van der Waals surface area contributed by atoms with Crippen LogP contribution in [0.5, 0.6) is 0 Å². The van der Waals surface area contributed by atoms with E-state index in [1.807, 2.05) is 13.8 Å². The fourth-order valence-corrected chi connectivity index (χ4v) is 3.24. The smallest absolute Gasteiger partial charge is 0.281 e. The first kappa shape index (κ1) is 18.1. The van der Waals surface area contributed by atoms with Crippen LogP contribution in [0.25, 0.3) is 0 Å². The molecule has 0 aromatic heterocycles. The maximum Gasteiger partial charge on any atom is 0.281 e. The molecule has 0 spiro atoms. The average Bonchev–Trinajstić information content (AvgIpc) is 2.29. The van der Waals surface area contributed by atoms with E-state index in [9.17, 15) is 8.42 Å². The van der Waals surface area contributed by atoms with E-state index in [1.165, 1.54) is 8.61 Å². The fraction of sp³-hybridized carbons (Fsp3) is 1.00. The minimum Gasteiger partial charge on any atom is -0.379 e. The Morgan fingerprint density at radius 1 is 1.33 bits per heavy atom. The second-order valence-electron chi connectivity index (χ2n) is 5.14. The molecule has 1 saturated heterocycles. The summed E-state index contributed by atoms with van der Waals surface area (Å²) < 4.78 is 32.5. The summed E-state index contributed by atoms with van der Waals surface area (Å²) in [6.07, 6.45) is 0. The first-order valence-electron chi connectivity index (χ1n) is 5.79. The van der Waals surface area contributed by atoms with Crippen LogP contribution in [0.1, 0.15) is 13.8 Å². The molecule has 1 fully saturated rings. The van der Waals surface area contributed by atoms with Crippen molar-refractivity contribution < 1.29 is 13.2 Å². The Labute approximate surface area is 116 Å². The third kappa shape index (κ3) is 4.64. The first-order valence-corrected chi connectivity index (χ1v) is 7.18. The number of halogens is 1. The number of ether oxygens (including phenoxy) is 1. The van der Waals surface area contributed by atoms with E-state index >= 15 is 0 Å². The Morgan fingerprint density at radius 2 is 1.83 bits per heavy atom. The highest BCUT2D eigenvalue weighted by molar-refractivity contribution is 7.86. The highest BCUT2D eigenvalue weighted by Gasteiger charge is 2.31. The largest absolute Gasteiger partial charge is 0.379 e. The Kier molecular flexibility index (Phi) is 7.05. The molecule has 0 aromatic rings. The molecule has 2 N–H and O–H groups in total. The predicted molar refractivity (Wildman–Crippen MR) is 74.0 cm³/mol. The van der Waals surface area contributed by atoms with Crippen LogP contribution in [0.3, 0.4) is 0 Å². The van der Waals surface area contributed by atoms with Crippen LogP contribution in [0.4, 0.5) is 0 Å². The van der Waals surface area contributed by atoms with Gasteiger partial charge in [0.2, 0.25) is 0 Å². The monoisotopic (exact) mass is 301 g/mol. The maximum absolute atomic E-state index is 12.2. The predicted octanol–water partition coefficient (Wildman–Crippen LogP) is -0.0981. The standard InChI is InChI=1S/C10H23N3O3S.ClH/c1-10(2,8-11)9-12(3)17(14,15)13-4-6-16-7-5-13;/h4-9,11H2,1-3H3;1H. The molecule has 0 aliphatic carbocycles. The molecule has 8 heteroatoms. The lowest BCUT2D eigenvalue weighted by Crippen LogP contribution is -2.50. The Balaban J connectivity index is 0.00000289. The zero-order chi connectivity index (χ0) is 13.1. The molecule has 1 rings (SSSR count). The highest BCUT2D eigenvalue weighted by Crippen LogP contribution is 2.18. The van der Waals surface area contributed by atoms with Crippen LogP contribution < -0.4 is 5.73 Å². The van der Waals surface area contributed by atoms with Crippen molar-refractivity contribution in [3.63, 3.8) is 0 Å². The number of hydrogen-bond acceptors (Lipinski definition) is 4. The normalized spacial score (nSPS) is 18.7. The van der Waals surface area contributed by atoms with E-state index < -0.39 is 10.2 Å². The van der Waals surface area contributed by atoms with Crippen molar-refractivity contribution in [1.29, 1.82) is 0 Å². The summed E-state index contributed by atoms with van der Waals surface area (Å²) in [4.78, 5) is 0. The van der Waals surface area contributed by atoms with Gasteiger partial charge in [-0.15, -0.1) is 12.4 Å². The Bertz CT molecular complexity index is 342. The van der Waals surface area contributed by atoms with E-state index in [1.54, 1.807) is 7.05 Å². The minimum atomic E-state index is -3.37. The second kappa shape index (κ2) is 7.02. The van der Waals surface area contributed by atoms with Gasteiger partial charge in [0.1, 0.15) is 0 Å². The summed E-state index contributed by atoms with van der Waals surface area (Å²) >= 11 is 0. The summed E-state index contributed by atoms with van der Waals surface area (Å²) in [6.45, 7) is 6.57. The van der Waals surface area contributed by atoms with Gasteiger partial charge in [0.15, 0.2) is 0 Å². The molecule has 6 nitrogen and oxygen atoms in total. The molecule has 18 heavy (non-hydrogen) atoms. The van der Waals surface area contributed by atoms with Gasteiger partial charge in [-0.1, -0.05) is 13.8 Å². The summed E-state index contributed by atoms with van der Waals surface area (Å²) in [5, 5.41) is 0. The van der Waals surface area contributed by atoms with Crippen molar-refractivity contribution in [2.24, 2.45) is 11.1 Å². The van der Waals surface area contributed by atoms with Crippen LogP contribution in [0.15, 0.2) is 0 Å². The van der Waals surface area contributed by atoms with E-state index in [0.717, 1.165) is 0 Å². The third-order valence-corrected chi connectivity index (χ3v) is 4.83. The zero-order valence-electron chi connectivity index (χ0n) is 11.3. The molecule has 0 radical (unpaired) electrons. The highest BCUT2D eigenvalue weighted by atomic mass is 35.5. The Hall–Kier alpha value is 0.0800. The molecule has 0 atom stereocenters. The number of rotatable bonds is 5. The lowest BCUT2D eigenvalue weighted by atomic mass is 9.94. The third-order valence-electron chi connectivity index (χ3n) is 2.89. The minimum absolute atomic E-state index is 0. The van der Waals surface area contributed by atoms with Crippen molar-refractivity contribution in [2.75, 3.05) is 46.4 Å². The zero-order valence-corrected chi connectivity index (χ0v) is 12.9. The number of hydrogen-bond donors (Lipinski definition) is 1. The number of nitrogens with zero attached hydrogens (tertiary/aromatic N) is 2. The van der Waals surface area contributed by atoms with Gasteiger partial charge in [0, 0.05) is 26.7 Å². The van der Waals surface area contributed by atoms with Gasteiger partial charge < -0.3 is 10.5 Å². The van der Waals surface area contributed by atoms with E-state index in [0.29, 0.717) is 39.4 Å². The van der Waals surface area contributed by atoms with Crippen molar-refractivity contribution in [3.05, 3.63) is 0 Å². The van der Waals surface area contributed by atoms with Gasteiger partial charge in [0.25, 0.3) is 10.2 Å². The van der Waals surface area contributed by atoms with Crippen LogP contribution in [0, 0.1) is 5.41 Å². The molecule has 0 amide bonds. The van der Waals surface area contributed by atoms with Gasteiger partial charge in [-0.25, -0.2) is 0 Å². The van der Waals surface area contributed by atoms with Crippen molar-refractivity contribution in [1.82, 2.24) is 8.61 Å². The summed E-state index contributed by atoms with van der Waals surface area (Å²) in [5.74, 6) is 0. The van der Waals surface area contributed by atoms with E-state index in [4.69, 9.17) is 10.5 Å². The van der Waals surface area contributed by atoms with Crippen LogP contribution in [0.2, 0.25) is 0 Å². The van der Waals surface area contributed by atoms with Gasteiger partial charge >= 0.3 is 0 Å². The molecule has 1 heterocycles. The molecular weight excluding hydrogens is 278 g/mol. The summed E-state index contributed by atoms with van der Waals surface area (Å²) in [6, 6.07) is 0. The molecular formula is C10H24ClN3O3S. The lowest BCUT2D eigenvalue weighted by Gasteiger charge is -2.34.